The molecule has 0 aromatic heterocycles. The molecule has 2 N–H and O–H groups in total. The van der Waals surface area contributed by atoms with E-state index in [1.807, 2.05) is 78.9 Å². The molecule has 9 heteroatoms. The topological polar surface area (TPSA) is 107 Å². The predicted molar refractivity (Wildman–Crippen MR) is 167 cm³/mol. The van der Waals surface area contributed by atoms with E-state index in [0.29, 0.717) is 36.4 Å². The maximum atomic E-state index is 13.5. The maximum absolute atomic E-state index is 13.5. The predicted octanol–water partition coefficient (Wildman–Crippen LogP) is 8.59. The van der Waals surface area contributed by atoms with E-state index < -0.39 is 18.1 Å². The summed E-state index contributed by atoms with van der Waals surface area (Å²) >= 11 is 6.02. The molecule has 8 nitrogen and oxygen atoms in total. The number of aliphatic carboxylic acids is 1. The van der Waals surface area contributed by atoms with E-state index in [1.54, 1.807) is 24.3 Å². The number of amides is 3. The fourth-order valence-electron chi connectivity index (χ4n) is 4.54. The minimum atomic E-state index is -1.34. The first-order chi connectivity index (χ1) is 20.8. The first-order valence-corrected chi connectivity index (χ1v) is 14.4. The summed E-state index contributed by atoms with van der Waals surface area (Å²) < 4.78 is 5.86. The molecule has 4 aromatic carbocycles. The van der Waals surface area contributed by atoms with Gasteiger partial charge in [-0.1, -0.05) is 72.6 Å². The molecule has 43 heavy (non-hydrogen) atoms. The van der Waals surface area contributed by atoms with Crippen LogP contribution in [0.1, 0.15) is 31.2 Å². The highest BCUT2D eigenvalue weighted by Gasteiger charge is 2.27. The van der Waals surface area contributed by atoms with Gasteiger partial charge in [-0.05, 0) is 84.5 Å². The lowest BCUT2D eigenvalue weighted by atomic mass is 10.0. The van der Waals surface area contributed by atoms with Gasteiger partial charge in [-0.2, -0.15) is 0 Å². The zero-order valence-corrected chi connectivity index (χ0v) is 24.3. The molecule has 0 heterocycles. The summed E-state index contributed by atoms with van der Waals surface area (Å²) in [6.07, 6.45) is 0.631. The van der Waals surface area contributed by atoms with Crippen molar-refractivity contribution < 1.29 is 29.3 Å². The van der Waals surface area contributed by atoms with Crippen LogP contribution in [0.15, 0.2) is 103 Å². The van der Waals surface area contributed by atoms with E-state index >= 15 is 0 Å². The number of carbonyl (C=O) groups is 3. The number of halogens is 1. The second-order valence-corrected chi connectivity index (χ2v) is 10.4. The maximum Gasteiger partial charge on any atom is 0.415 e. The Bertz CT molecular complexity index is 1490. The van der Waals surface area contributed by atoms with Gasteiger partial charge in [0.05, 0.1) is 0 Å². The smallest absolute Gasteiger partial charge is 0.415 e. The highest BCUT2D eigenvalue weighted by molar-refractivity contribution is 6.30. The standard InChI is InChI=1S/C34H33ClN2O6/c35-28-16-18-29(19-17-28)36(23-6-2-5-9-32(38)39)33(40)37(34(41)42)24-22-25-10-12-26(13-11-25)27-14-20-31(21-15-27)43-30-7-3-1-4-8-30/h1,3-4,7-8,10-21H,2,5-6,9,22-24H2,(H,38,39)(H,41,42). The van der Waals surface area contributed by atoms with Gasteiger partial charge >= 0.3 is 18.1 Å². The molecule has 0 atom stereocenters. The van der Waals surface area contributed by atoms with Crippen molar-refractivity contribution in [2.45, 2.75) is 32.1 Å². The highest BCUT2D eigenvalue weighted by Crippen LogP contribution is 2.26. The summed E-state index contributed by atoms with van der Waals surface area (Å²) in [6, 6.07) is 31.0. The molecule has 3 amide bonds. The summed E-state index contributed by atoms with van der Waals surface area (Å²) in [7, 11) is 0. The van der Waals surface area contributed by atoms with E-state index in [0.717, 1.165) is 33.1 Å². The number of hydrogen-bond acceptors (Lipinski definition) is 4. The van der Waals surface area contributed by atoms with E-state index in [-0.39, 0.29) is 19.5 Å². The number of nitrogens with zero attached hydrogens (tertiary/aromatic N) is 2. The fraction of sp³-hybridized carbons (Fsp3) is 0.206. The van der Waals surface area contributed by atoms with Crippen LogP contribution in [-0.2, 0) is 11.2 Å². The van der Waals surface area contributed by atoms with Crippen molar-refractivity contribution in [2.75, 3.05) is 18.0 Å². The molecular weight excluding hydrogens is 568 g/mol. The SMILES string of the molecule is O=C(O)CCCCCN(C(=O)N(CCc1ccc(-c2ccc(Oc3ccccc3)cc2)cc1)C(=O)O)c1ccc(Cl)cc1. The van der Waals surface area contributed by atoms with Gasteiger partial charge in [0.1, 0.15) is 11.5 Å². The summed E-state index contributed by atoms with van der Waals surface area (Å²) in [6.45, 7) is 0.218. The molecule has 0 unspecified atom stereocenters. The van der Waals surface area contributed by atoms with Gasteiger partial charge in [-0.25, -0.2) is 14.5 Å². The lowest BCUT2D eigenvalue weighted by Gasteiger charge is -2.28. The Kier molecular flexibility index (Phi) is 11.2. The molecule has 4 aromatic rings. The number of urea groups is 1. The first-order valence-electron chi connectivity index (χ1n) is 14.0. The van der Waals surface area contributed by atoms with Crippen LogP contribution in [-0.4, -0.2) is 46.3 Å². The van der Waals surface area contributed by atoms with Crippen LogP contribution in [0.3, 0.4) is 0 Å². The lowest BCUT2D eigenvalue weighted by molar-refractivity contribution is -0.137. The Morgan fingerprint density at radius 1 is 0.674 bits per heavy atom. The van der Waals surface area contributed by atoms with Gasteiger partial charge in [0.2, 0.25) is 0 Å². The summed E-state index contributed by atoms with van der Waals surface area (Å²) in [5, 5.41) is 19.3. The summed E-state index contributed by atoms with van der Waals surface area (Å²) in [5.74, 6) is 0.625. The number of carbonyl (C=O) groups excluding carboxylic acids is 1. The second-order valence-electron chi connectivity index (χ2n) is 9.94. The Morgan fingerprint density at radius 2 is 1.28 bits per heavy atom. The van der Waals surface area contributed by atoms with E-state index in [4.69, 9.17) is 21.4 Å². The van der Waals surface area contributed by atoms with Crippen LogP contribution >= 0.6 is 11.6 Å². The third kappa shape index (κ3) is 9.34. The Balaban J connectivity index is 1.39. The molecule has 0 aliphatic heterocycles. The zero-order valence-electron chi connectivity index (χ0n) is 23.6. The molecule has 0 bridgehead atoms. The minimum Gasteiger partial charge on any atom is -0.481 e. The summed E-state index contributed by atoms with van der Waals surface area (Å²) in [4.78, 5) is 38.7. The molecule has 0 spiro atoms. The first kappa shape index (κ1) is 31.1. The monoisotopic (exact) mass is 600 g/mol. The van der Waals surface area contributed by atoms with Crippen molar-refractivity contribution in [2.24, 2.45) is 0 Å². The van der Waals surface area contributed by atoms with Gasteiger partial charge in [0.25, 0.3) is 0 Å². The van der Waals surface area contributed by atoms with Gasteiger partial charge in [-0.3, -0.25) is 9.69 Å². The number of rotatable bonds is 13. The number of anilines is 1. The van der Waals surface area contributed by atoms with E-state index in [9.17, 15) is 19.5 Å². The number of carboxylic acids is 1. The van der Waals surface area contributed by atoms with Gasteiger partial charge in [-0.15, -0.1) is 0 Å². The van der Waals surface area contributed by atoms with E-state index in [2.05, 4.69) is 0 Å². The highest BCUT2D eigenvalue weighted by atomic mass is 35.5. The van der Waals surface area contributed by atoms with Crippen molar-refractivity contribution in [3.63, 3.8) is 0 Å². The molecule has 4 rings (SSSR count). The van der Waals surface area contributed by atoms with Crippen molar-refractivity contribution in [3.8, 4) is 22.6 Å². The second kappa shape index (κ2) is 15.4. The van der Waals surface area contributed by atoms with Crippen LogP contribution in [0.2, 0.25) is 5.02 Å². The van der Waals surface area contributed by atoms with Crippen molar-refractivity contribution in [1.82, 2.24) is 4.90 Å². The summed E-state index contributed by atoms with van der Waals surface area (Å²) in [5.41, 5.74) is 3.41. The molecule has 0 fully saturated rings. The van der Waals surface area contributed by atoms with Crippen LogP contribution in [0.5, 0.6) is 11.5 Å². The molecule has 0 aliphatic rings. The average molecular weight is 601 g/mol. The molecule has 0 saturated heterocycles. The zero-order chi connectivity index (χ0) is 30.6. The van der Waals surface area contributed by atoms with Crippen molar-refractivity contribution >= 4 is 35.4 Å². The third-order valence-electron chi connectivity index (χ3n) is 6.85. The molecule has 0 aliphatic carbocycles. The number of unbranched alkanes of at least 4 members (excludes halogenated alkanes) is 2. The van der Waals surface area contributed by atoms with Crippen LogP contribution in [0, 0.1) is 0 Å². The van der Waals surface area contributed by atoms with Gasteiger partial charge < -0.3 is 14.9 Å². The Hall–Kier alpha value is -4.82. The van der Waals surface area contributed by atoms with Crippen molar-refractivity contribution in [3.05, 3.63) is 114 Å². The number of imide groups is 1. The van der Waals surface area contributed by atoms with Crippen LogP contribution < -0.4 is 9.64 Å². The van der Waals surface area contributed by atoms with Crippen LogP contribution in [0.25, 0.3) is 11.1 Å². The number of hydrogen-bond donors (Lipinski definition) is 2. The Labute approximate surface area is 255 Å². The molecular formula is C34H33ClN2O6. The third-order valence-corrected chi connectivity index (χ3v) is 7.10. The van der Waals surface area contributed by atoms with Crippen LogP contribution in [0.4, 0.5) is 15.3 Å². The molecule has 0 saturated carbocycles. The molecule has 222 valence electrons. The average Bonchev–Trinajstić information content (AvgIpc) is 3.00. The van der Waals surface area contributed by atoms with E-state index in [1.165, 1.54) is 4.90 Å². The van der Waals surface area contributed by atoms with Gasteiger partial charge in [0.15, 0.2) is 0 Å². The largest absolute Gasteiger partial charge is 0.481 e. The number of carboxylic acid groups (broad SMARTS) is 2. The Morgan fingerprint density at radius 3 is 1.88 bits per heavy atom. The number of benzene rings is 4. The van der Waals surface area contributed by atoms with Gasteiger partial charge in [0, 0.05) is 30.2 Å². The molecule has 0 radical (unpaired) electrons. The number of ether oxygens (including phenoxy) is 1. The lowest BCUT2D eigenvalue weighted by Crippen LogP contribution is -2.47. The number of para-hydroxylation sites is 1. The van der Waals surface area contributed by atoms with Crippen molar-refractivity contribution in [1.29, 1.82) is 0 Å². The quantitative estimate of drug-likeness (QED) is 0.149. The minimum absolute atomic E-state index is 0.0257. The normalized spacial score (nSPS) is 10.6. The fourth-order valence-corrected chi connectivity index (χ4v) is 4.67.